The summed E-state index contributed by atoms with van der Waals surface area (Å²) < 4.78 is 12.9. The molecule has 12 heteroatoms. The molecular weight excluding hydrogens is 550 g/mol. The van der Waals surface area contributed by atoms with E-state index in [1.54, 1.807) is 34.1 Å². The van der Waals surface area contributed by atoms with Crippen LogP contribution in [0.2, 0.25) is 0 Å². The van der Waals surface area contributed by atoms with E-state index in [0.29, 0.717) is 36.8 Å². The summed E-state index contributed by atoms with van der Waals surface area (Å²) in [7, 11) is 0. The number of aliphatic hydroxyl groups excluding tert-OH is 1. The standard InChI is InChI=1S/C31H45N7O5/c1-20(2)23-17-34-38-26(37(29(41)43-31(6,7)8)18-21-10-9-12-32-15-21)14-25(35-27(23)38)33-16-22-11-13-36(19-24(22)39)28(40)42-30(3,4)5/h9-10,12,14-15,17,20,22,24,39H,11,13,16,18-19H2,1-8H3,(H,33,35)/t22-,24+/m1/s1. The molecular formula is C31H45N7O5. The summed E-state index contributed by atoms with van der Waals surface area (Å²) in [6.45, 7) is 16.4. The molecule has 0 aliphatic carbocycles. The molecule has 3 aromatic heterocycles. The lowest BCUT2D eigenvalue weighted by molar-refractivity contribution is -0.0104. The Morgan fingerprint density at radius 3 is 2.47 bits per heavy atom. The summed E-state index contributed by atoms with van der Waals surface area (Å²) in [6.07, 6.45) is 4.08. The molecule has 1 saturated heterocycles. The summed E-state index contributed by atoms with van der Waals surface area (Å²) in [5, 5.41) is 18.9. The molecule has 1 aliphatic rings. The van der Waals surface area contributed by atoms with E-state index in [4.69, 9.17) is 14.5 Å². The van der Waals surface area contributed by atoms with Gasteiger partial charge in [0, 0.05) is 43.0 Å². The van der Waals surface area contributed by atoms with Gasteiger partial charge in [-0.15, -0.1) is 0 Å². The van der Waals surface area contributed by atoms with Gasteiger partial charge in [-0.05, 0) is 65.5 Å². The Hall–Kier alpha value is -3.93. The van der Waals surface area contributed by atoms with Crippen LogP contribution in [0.4, 0.5) is 21.2 Å². The zero-order valence-electron chi connectivity index (χ0n) is 26.5. The normalized spacial score (nSPS) is 17.7. The van der Waals surface area contributed by atoms with Crippen molar-refractivity contribution in [3.63, 3.8) is 0 Å². The van der Waals surface area contributed by atoms with E-state index in [1.165, 1.54) is 4.90 Å². The molecule has 0 aromatic carbocycles. The van der Waals surface area contributed by atoms with Gasteiger partial charge in [0.2, 0.25) is 0 Å². The second-order valence-electron chi connectivity index (χ2n) is 13.3. The van der Waals surface area contributed by atoms with Crippen LogP contribution < -0.4 is 10.2 Å². The second-order valence-corrected chi connectivity index (χ2v) is 13.3. The monoisotopic (exact) mass is 595 g/mol. The van der Waals surface area contributed by atoms with Crippen LogP contribution in [0.1, 0.15) is 78.9 Å². The number of ether oxygens (including phenoxy) is 2. The smallest absolute Gasteiger partial charge is 0.416 e. The highest BCUT2D eigenvalue weighted by Crippen LogP contribution is 2.29. The summed E-state index contributed by atoms with van der Waals surface area (Å²) in [5.74, 6) is 1.04. The van der Waals surface area contributed by atoms with Gasteiger partial charge in [-0.25, -0.2) is 14.6 Å². The molecule has 234 valence electrons. The minimum absolute atomic E-state index is 0.119. The van der Waals surface area contributed by atoms with Crippen molar-refractivity contribution in [1.82, 2.24) is 24.5 Å². The topological polar surface area (TPSA) is 134 Å². The van der Waals surface area contributed by atoms with Gasteiger partial charge in [-0.1, -0.05) is 19.9 Å². The fraction of sp³-hybridized carbons (Fsp3) is 0.581. The minimum Gasteiger partial charge on any atom is -0.444 e. The lowest BCUT2D eigenvalue weighted by Gasteiger charge is -2.36. The van der Waals surface area contributed by atoms with Gasteiger partial charge >= 0.3 is 12.2 Å². The first-order chi connectivity index (χ1) is 20.1. The molecule has 2 amide bonds. The first-order valence-corrected chi connectivity index (χ1v) is 14.8. The predicted molar refractivity (Wildman–Crippen MR) is 164 cm³/mol. The highest BCUT2D eigenvalue weighted by molar-refractivity contribution is 5.88. The number of hydrogen-bond donors (Lipinski definition) is 2. The summed E-state index contributed by atoms with van der Waals surface area (Å²) in [5.41, 5.74) is 1.06. The van der Waals surface area contributed by atoms with Gasteiger partial charge in [0.25, 0.3) is 0 Å². The molecule has 0 radical (unpaired) electrons. The number of amides is 2. The molecule has 1 fully saturated rings. The summed E-state index contributed by atoms with van der Waals surface area (Å²) in [6, 6.07) is 5.49. The lowest BCUT2D eigenvalue weighted by atomic mass is 9.94. The van der Waals surface area contributed by atoms with E-state index in [0.717, 1.165) is 11.1 Å². The van der Waals surface area contributed by atoms with Gasteiger partial charge in [-0.3, -0.25) is 9.88 Å². The van der Waals surface area contributed by atoms with Gasteiger partial charge in [0.15, 0.2) is 5.65 Å². The minimum atomic E-state index is -0.734. The number of pyridine rings is 1. The zero-order valence-corrected chi connectivity index (χ0v) is 26.5. The van der Waals surface area contributed by atoms with Crippen LogP contribution in [0.5, 0.6) is 0 Å². The number of anilines is 2. The maximum Gasteiger partial charge on any atom is 0.416 e. The van der Waals surface area contributed by atoms with E-state index < -0.39 is 29.5 Å². The van der Waals surface area contributed by atoms with Gasteiger partial charge in [0.1, 0.15) is 22.8 Å². The zero-order chi connectivity index (χ0) is 31.5. The van der Waals surface area contributed by atoms with Crippen molar-refractivity contribution in [3.8, 4) is 0 Å². The van der Waals surface area contributed by atoms with E-state index in [1.807, 2.05) is 53.7 Å². The van der Waals surface area contributed by atoms with Crippen molar-refractivity contribution in [3.05, 3.63) is 47.9 Å². The molecule has 0 unspecified atom stereocenters. The number of aromatic nitrogens is 4. The molecule has 4 rings (SSSR count). The number of rotatable bonds is 7. The quantitative estimate of drug-likeness (QED) is 0.377. The maximum absolute atomic E-state index is 13.6. The van der Waals surface area contributed by atoms with Crippen molar-refractivity contribution in [1.29, 1.82) is 0 Å². The van der Waals surface area contributed by atoms with E-state index in [9.17, 15) is 14.7 Å². The van der Waals surface area contributed by atoms with Crippen LogP contribution in [0.15, 0.2) is 36.8 Å². The number of aliphatic hydroxyl groups is 1. The number of hydrogen-bond acceptors (Lipinski definition) is 9. The number of fused-ring (bicyclic) bond motifs is 1. The predicted octanol–water partition coefficient (Wildman–Crippen LogP) is 5.22. The first kappa shape index (κ1) is 32.0. The van der Waals surface area contributed by atoms with Crippen molar-refractivity contribution >= 4 is 29.5 Å². The lowest BCUT2D eigenvalue weighted by Crippen LogP contribution is -2.49. The summed E-state index contributed by atoms with van der Waals surface area (Å²) >= 11 is 0. The Morgan fingerprint density at radius 2 is 1.86 bits per heavy atom. The fourth-order valence-corrected chi connectivity index (χ4v) is 4.83. The van der Waals surface area contributed by atoms with Crippen molar-refractivity contribution in [2.24, 2.45) is 5.92 Å². The molecule has 0 bridgehead atoms. The van der Waals surface area contributed by atoms with Crippen LogP contribution in [-0.4, -0.2) is 78.7 Å². The fourth-order valence-electron chi connectivity index (χ4n) is 4.83. The molecule has 12 nitrogen and oxygen atoms in total. The number of likely N-dealkylation sites (tertiary alicyclic amines) is 1. The Morgan fingerprint density at radius 1 is 1.14 bits per heavy atom. The molecule has 0 saturated carbocycles. The Labute approximate surface area is 253 Å². The van der Waals surface area contributed by atoms with Crippen molar-refractivity contribution < 1.29 is 24.2 Å². The second kappa shape index (κ2) is 12.7. The van der Waals surface area contributed by atoms with Crippen LogP contribution >= 0.6 is 0 Å². The number of piperidine rings is 1. The van der Waals surface area contributed by atoms with Gasteiger partial charge in [-0.2, -0.15) is 9.61 Å². The molecule has 4 heterocycles. The molecule has 43 heavy (non-hydrogen) atoms. The van der Waals surface area contributed by atoms with Crippen molar-refractivity contribution in [2.75, 3.05) is 29.9 Å². The highest BCUT2D eigenvalue weighted by atomic mass is 16.6. The Kier molecular flexibility index (Phi) is 9.48. The van der Waals surface area contributed by atoms with Crippen molar-refractivity contribution in [2.45, 2.75) is 91.6 Å². The van der Waals surface area contributed by atoms with Crippen LogP contribution in [0.3, 0.4) is 0 Å². The highest BCUT2D eigenvalue weighted by Gasteiger charge is 2.33. The molecule has 0 spiro atoms. The van der Waals surface area contributed by atoms with E-state index >= 15 is 0 Å². The van der Waals surface area contributed by atoms with Crippen LogP contribution in [-0.2, 0) is 16.0 Å². The molecule has 1 aliphatic heterocycles. The first-order valence-electron chi connectivity index (χ1n) is 14.8. The number of β-amino-alcohol motifs (C(OH)–C–C–N with tert-alkyl or cyclic N) is 1. The molecule has 3 aromatic rings. The number of nitrogens with one attached hydrogen (secondary N) is 1. The molecule has 2 atom stereocenters. The molecule has 2 N–H and O–H groups in total. The number of carbonyl (C=O) groups excluding carboxylic acids is 2. The largest absolute Gasteiger partial charge is 0.444 e. The Bertz CT molecular complexity index is 1410. The average molecular weight is 596 g/mol. The van der Waals surface area contributed by atoms with Crippen LogP contribution in [0, 0.1) is 5.92 Å². The third kappa shape index (κ3) is 8.34. The third-order valence-corrected chi connectivity index (χ3v) is 6.97. The van der Waals surface area contributed by atoms with Gasteiger partial charge in [0.05, 0.1) is 25.4 Å². The average Bonchev–Trinajstić information content (AvgIpc) is 3.34. The van der Waals surface area contributed by atoms with Crippen LogP contribution in [0.25, 0.3) is 5.65 Å². The van der Waals surface area contributed by atoms with E-state index in [2.05, 4.69) is 29.2 Å². The SMILES string of the molecule is CC(C)c1cnn2c(N(Cc3cccnc3)C(=O)OC(C)(C)C)cc(NC[C@H]3CCN(C(=O)OC(C)(C)C)C[C@@H]3O)nc12. The number of carbonyl (C=O) groups is 2. The number of nitrogens with zero attached hydrogens (tertiary/aromatic N) is 6. The Balaban J connectivity index is 1.62. The third-order valence-electron chi connectivity index (χ3n) is 6.97. The summed E-state index contributed by atoms with van der Waals surface area (Å²) in [4.78, 5) is 38.3. The van der Waals surface area contributed by atoms with Gasteiger partial charge < -0.3 is 24.8 Å². The maximum atomic E-state index is 13.6. The van der Waals surface area contributed by atoms with E-state index in [-0.39, 0.29) is 24.9 Å².